The minimum atomic E-state index is -0.279. The van der Waals surface area contributed by atoms with E-state index in [4.69, 9.17) is 4.74 Å². The average molecular weight is 662 g/mol. The van der Waals surface area contributed by atoms with Crippen LogP contribution < -0.4 is 4.90 Å². The van der Waals surface area contributed by atoms with Crippen molar-refractivity contribution in [2.75, 3.05) is 78.5 Å². The van der Waals surface area contributed by atoms with E-state index < -0.39 is 0 Å². The van der Waals surface area contributed by atoms with Crippen molar-refractivity contribution in [3.05, 3.63) is 64.7 Å². The number of methoxy groups -OCH3 is 1. The Kier molecular flexibility index (Phi) is 10.5. The first-order chi connectivity index (χ1) is 23.0. The minimum Gasteiger partial charge on any atom is -0.469 e. The molecule has 3 saturated heterocycles. The van der Waals surface area contributed by atoms with E-state index in [0.29, 0.717) is 41.6 Å². The summed E-state index contributed by atoms with van der Waals surface area (Å²) in [4.78, 5) is 21.7. The molecule has 0 spiro atoms. The normalized spacial score (nSPS) is 24.5. The van der Waals surface area contributed by atoms with Gasteiger partial charge in [0.25, 0.3) is 0 Å². The molecular weight excluding hydrogens is 608 g/mol. The zero-order valence-electron chi connectivity index (χ0n) is 29.3. The second kappa shape index (κ2) is 14.4. The monoisotopic (exact) mass is 661 g/mol. The molecule has 48 heavy (non-hydrogen) atoms. The Morgan fingerprint density at radius 3 is 2.42 bits per heavy atom. The fourth-order valence-corrected chi connectivity index (χ4v) is 9.76. The number of benzene rings is 2. The van der Waals surface area contributed by atoms with Gasteiger partial charge in [0.15, 0.2) is 5.82 Å². The topological polar surface area (TPSA) is 63.1 Å². The molecule has 2 aromatic carbocycles. The number of hydrogen-bond acceptors (Lipinski definition) is 7. The number of halogens is 2. The number of rotatable bonds is 12. The highest BCUT2D eigenvalue weighted by molar-refractivity contribution is 5.69. The van der Waals surface area contributed by atoms with Crippen LogP contribution in [0.25, 0.3) is 0 Å². The Morgan fingerprint density at radius 2 is 1.79 bits per heavy atom. The van der Waals surface area contributed by atoms with E-state index in [-0.39, 0.29) is 34.4 Å². The molecule has 0 amide bonds. The lowest BCUT2D eigenvalue weighted by molar-refractivity contribution is -0.142. The Morgan fingerprint density at radius 1 is 1.04 bits per heavy atom. The highest BCUT2D eigenvalue weighted by Gasteiger charge is 2.53. The summed E-state index contributed by atoms with van der Waals surface area (Å²) in [5, 5.41) is 9.55. The van der Waals surface area contributed by atoms with Crippen molar-refractivity contribution in [2.45, 2.75) is 63.8 Å². The smallest absolute Gasteiger partial charge is 0.305 e. The van der Waals surface area contributed by atoms with Gasteiger partial charge in [-0.05, 0) is 120 Å². The Balaban J connectivity index is 1.18. The molecule has 0 N–H and O–H groups in total. The molecule has 4 aliphatic rings. The van der Waals surface area contributed by atoms with Gasteiger partial charge >= 0.3 is 5.97 Å². The summed E-state index contributed by atoms with van der Waals surface area (Å²) in [6, 6.07) is 13.0. The van der Waals surface area contributed by atoms with Crippen LogP contribution in [-0.4, -0.2) is 94.2 Å². The summed E-state index contributed by atoms with van der Waals surface area (Å²) >= 11 is 0. The summed E-state index contributed by atoms with van der Waals surface area (Å²) in [6.07, 6.45) is 6.86. The first-order valence-corrected chi connectivity index (χ1v) is 17.9. The third kappa shape index (κ3) is 6.99. The van der Waals surface area contributed by atoms with Gasteiger partial charge < -0.3 is 24.3 Å². The number of piperidine rings is 1. The molecule has 3 atom stereocenters. The number of carbonyl (C=O) groups is 1. The molecule has 4 fully saturated rings. The number of nitrogens with zero attached hydrogens (tertiary/aromatic N) is 5. The van der Waals surface area contributed by atoms with E-state index in [1.54, 1.807) is 24.3 Å². The molecule has 3 aliphatic heterocycles. The fraction of sp³-hybridized carbons (Fsp3) is 0.641. The van der Waals surface area contributed by atoms with Gasteiger partial charge in [-0.15, -0.1) is 0 Å². The number of carbonyl (C=O) groups excluding carboxylic acids is 1. The van der Waals surface area contributed by atoms with Crippen LogP contribution in [0.3, 0.4) is 0 Å². The van der Waals surface area contributed by atoms with Crippen molar-refractivity contribution in [1.82, 2.24) is 14.7 Å². The van der Waals surface area contributed by atoms with Gasteiger partial charge in [-0.3, -0.25) is 4.79 Å². The highest BCUT2D eigenvalue weighted by atomic mass is 19.1. The molecule has 3 heterocycles. The molecular formula is C39H53F2N5O2. The maximum absolute atomic E-state index is 15.7. The van der Waals surface area contributed by atoms with E-state index in [0.717, 1.165) is 90.0 Å². The van der Waals surface area contributed by atoms with E-state index >= 15 is 4.39 Å². The van der Waals surface area contributed by atoms with Crippen LogP contribution in [0.4, 0.5) is 14.5 Å². The molecule has 6 rings (SSSR count). The van der Waals surface area contributed by atoms with Crippen molar-refractivity contribution < 1.29 is 18.3 Å². The quantitative estimate of drug-likeness (QED) is 0.257. The van der Waals surface area contributed by atoms with Crippen LogP contribution in [0, 0.1) is 46.1 Å². The molecule has 1 aliphatic carbocycles. The van der Waals surface area contributed by atoms with E-state index in [1.165, 1.54) is 13.5 Å². The van der Waals surface area contributed by atoms with Gasteiger partial charge in [0.2, 0.25) is 0 Å². The number of anilines is 1. The van der Waals surface area contributed by atoms with Gasteiger partial charge in [-0.2, -0.15) is 5.26 Å². The van der Waals surface area contributed by atoms with Crippen molar-refractivity contribution in [3.8, 4) is 6.07 Å². The standard InChI is InChI=1S/C39H53F2N5O2/c1-38(25-46(26-38)35-13-12-29(22-42)33(37(35)41)23-43(2)3)24-45-18-14-30(15-19-45)39(27-44-16-7-17-44,31-9-6-10-32(40)21-31)34-11-5-8-28(34)20-36(47)48-4/h6,9-10,12-13,21,28,30,34H,5,7-8,11,14-20,23-27H2,1-4H3/t28-,34+,39+/m1/s1. The minimum absolute atomic E-state index is 0.0449. The summed E-state index contributed by atoms with van der Waals surface area (Å²) in [7, 11) is 5.25. The van der Waals surface area contributed by atoms with Crippen molar-refractivity contribution >= 4 is 11.7 Å². The predicted octanol–water partition coefficient (Wildman–Crippen LogP) is 6.06. The lowest BCUT2D eigenvalue weighted by Gasteiger charge is -2.55. The Hall–Kier alpha value is -3.06. The number of hydrogen-bond donors (Lipinski definition) is 0. The number of nitriles is 1. The molecule has 2 aromatic rings. The van der Waals surface area contributed by atoms with Gasteiger partial charge in [0.1, 0.15) is 5.82 Å². The van der Waals surface area contributed by atoms with Crippen molar-refractivity contribution in [1.29, 1.82) is 5.26 Å². The Labute approximate surface area is 285 Å². The highest BCUT2D eigenvalue weighted by Crippen LogP contribution is 2.54. The van der Waals surface area contributed by atoms with Crippen LogP contribution in [0.15, 0.2) is 36.4 Å². The summed E-state index contributed by atoms with van der Waals surface area (Å²) in [5.74, 6) is 0.312. The van der Waals surface area contributed by atoms with Gasteiger partial charge in [0.05, 0.1) is 24.4 Å². The number of likely N-dealkylation sites (tertiary alicyclic amines) is 2. The average Bonchev–Trinajstić information content (AvgIpc) is 3.49. The van der Waals surface area contributed by atoms with E-state index in [9.17, 15) is 14.4 Å². The van der Waals surface area contributed by atoms with Crippen LogP contribution in [-0.2, 0) is 21.5 Å². The van der Waals surface area contributed by atoms with Crippen molar-refractivity contribution in [2.24, 2.45) is 23.2 Å². The maximum atomic E-state index is 15.7. The number of ether oxygens (including phenoxy) is 1. The third-order valence-corrected chi connectivity index (χ3v) is 12.0. The molecule has 0 unspecified atom stereocenters. The SMILES string of the molecule is COC(=O)C[C@H]1CCC[C@@H]1[C@](CN1CCC1)(c1cccc(F)c1)C1CCN(CC2(C)CN(c3ccc(C#N)c(CN(C)C)c3F)C2)CC1. The predicted molar refractivity (Wildman–Crippen MR) is 185 cm³/mol. The van der Waals surface area contributed by atoms with Crippen LogP contribution in [0.2, 0.25) is 0 Å². The molecule has 7 nitrogen and oxygen atoms in total. The second-order valence-electron chi connectivity index (χ2n) is 15.7. The first-order valence-electron chi connectivity index (χ1n) is 17.9. The van der Waals surface area contributed by atoms with Crippen LogP contribution in [0.5, 0.6) is 0 Å². The lowest BCUT2D eigenvalue weighted by Crippen LogP contribution is -2.61. The second-order valence-corrected chi connectivity index (χ2v) is 15.7. The zero-order chi connectivity index (χ0) is 34.1. The molecule has 260 valence electrons. The summed E-state index contributed by atoms with van der Waals surface area (Å²) < 4.78 is 35.8. The first kappa shape index (κ1) is 34.8. The third-order valence-electron chi connectivity index (χ3n) is 12.0. The maximum Gasteiger partial charge on any atom is 0.305 e. The molecule has 0 bridgehead atoms. The fourth-order valence-electron chi connectivity index (χ4n) is 9.76. The van der Waals surface area contributed by atoms with E-state index in [1.807, 2.05) is 25.1 Å². The van der Waals surface area contributed by atoms with Crippen LogP contribution >= 0.6 is 0 Å². The molecule has 9 heteroatoms. The van der Waals surface area contributed by atoms with Gasteiger partial charge in [-0.1, -0.05) is 25.5 Å². The summed E-state index contributed by atoms with van der Waals surface area (Å²) in [5.41, 5.74) is 2.38. The van der Waals surface area contributed by atoms with E-state index in [2.05, 4.69) is 33.8 Å². The zero-order valence-corrected chi connectivity index (χ0v) is 29.3. The Bertz CT molecular complexity index is 1490. The largest absolute Gasteiger partial charge is 0.469 e. The van der Waals surface area contributed by atoms with Gasteiger partial charge in [-0.25, -0.2) is 8.78 Å². The van der Waals surface area contributed by atoms with Crippen molar-refractivity contribution in [3.63, 3.8) is 0 Å². The molecule has 1 saturated carbocycles. The molecule has 0 radical (unpaired) electrons. The summed E-state index contributed by atoms with van der Waals surface area (Å²) in [6.45, 7) is 10.2. The lowest BCUT2D eigenvalue weighted by atomic mass is 9.56. The number of esters is 1. The van der Waals surface area contributed by atoms with Gasteiger partial charge in [0, 0.05) is 55.5 Å². The molecule has 0 aromatic heterocycles. The van der Waals surface area contributed by atoms with Crippen LogP contribution in [0.1, 0.15) is 68.6 Å².